The van der Waals surface area contributed by atoms with Crippen molar-refractivity contribution in [1.29, 1.82) is 0 Å². The number of hydrogen-bond donors (Lipinski definition) is 13. The number of aliphatic hydroxyl groups excluding tert-OH is 1. The highest BCUT2D eigenvalue weighted by Gasteiger charge is 2.34. The zero-order valence-electron chi connectivity index (χ0n) is 41.9. The summed E-state index contributed by atoms with van der Waals surface area (Å²) >= 11 is 0. The molecule has 4 aromatic carbocycles. The van der Waals surface area contributed by atoms with Gasteiger partial charge in [0.2, 0.25) is 41.4 Å². The highest BCUT2D eigenvalue weighted by Crippen LogP contribution is 2.15. The number of nitrogens with zero attached hydrogens (tertiary/aromatic N) is 1. The van der Waals surface area contributed by atoms with Crippen LogP contribution in [0.5, 0.6) is 5.75 Å². The molecule has 4 rings (SSSR count). The normalized spacial score (nSPS) is 14.1. The maximum atomic E-state index is 14.6. The summed E-state index contributed by atoms with van der Waals surface area (Å²) in [5.41, 5.74) is 19.6. The van der Waals surface area contributed by atoms with E-state index in [1.54, 1.807) is 86.6 Å². The van der Waals surface area contributed by atoms with Crippen LogP contribution in [-0.4, -0.2) is 131 Å². The minimum absolute atomic E-state index is 0.0387. The Morgan fingerprint density at radius 1 is 0.547 bits per heavy atom. The maximum absolute atomic E-state index is 14.6. The first-order valence-electron chi connectivity index (χ1n) is 24.5. The van der Waals surface area contributed by atoms with Gasteiger partial charge in [0.05, 0.1) is 19.2 Å². The summed E-state index contributed by atoms with van der Waals surface area (Å²) in [4.78, 5) is 112. The number of nitrogens with two attached hydrogens (primary N) is 3. The number of guanidine groups is 1. The van der Waals surface area contributed by atoms with Gasteiger partial charge in [0.25, 0.3) is 0 Å². The molecule has 0 aromatic heterocycles. The second-order valence-corrected chi connectivity index (χ2v) is 18.0. The van der Waals surface area contributed by atoms with E-state index >= 15 is 0 Å². The van der Waals surface area contributed by atoms with Crippen molar-refractivity contribution in [2.75, 3.05) is 19.7 Å². The van der Waals surface area contributed by atoms with Crippen LogP contribution in [-0.2, 0) is 64.0 Å². The van der Waals surface area contributed by atoms with Gasteiger partial charge in [-0.05, 0) is 59.6 Å². The number of benzene rings is 4. The number of phenolic OH excluding ortho intramolecular Hbond substituents is 1. The van der Waals surface area contributed by atoms with Crippen LogP contribution in [0.1, 0.15) is 55.4 Å². The van der Waals surface area contributed by atoms with Crippen molar-refractivity contribution in [3.63, 3.8) is 0 Å². The highest BCUT2D eigenvalue weighted by atomic mass is 16.4. The first-order valence-corrected chi connectivity index (χ1v) is 24.5. The third kappa shape index (κ3) is 20.6. The Morgan fingerprint density at radius 2 is 0.973 bits per heavy atom. The molecule has 402 valence electrons. The van der Waals surface area contributed by atoms with Gasteiger partial charge in [-0.25, -0.2) is 4.79 Å². The van der Waals surface area contributed by atoms with Crippen molar-refractivity contribution < 1.29 is 53.7 Å². The van der Waals surface area contributed by atoms with Crippen LogP contribution in [0.2, 0.25) is 0 Å². The van der Waals surface area contributed by atoms with Crippen molar-refractivity contribution in [2.24, 2.45) is 28.1 Å². The predicted octanol–water partition coefficient (Wildman–Crippen LogP) is -0.808. The zero-order chi connectivity index (χ0) is 54.9. The van der Waals surface area contributed by atoms with Crippen molar-refractivity contribution in [3.8, 4) is 5.75 Å². The van der Waals surface area contributed by atoms with Gasteiger partial charge in [0.15, 0.2) is 5.96 Å². The first kappa shape index (κ1) is 59.2. The van der Waals surface area contributed by atoms with E-state index in [-0.39, 0.29) is 56.8 Å². The molecule has 22 heteroatoms. The van der Waals surface area contributed by atoms with Gasteiger partial charge in [-0.15, -0.1) is 0 Å². The monoisotopic (exact) mass is 1040 g/mol. The Labute approximate surface area is 435 Å². The van der Waals surface area contributed by atoms with Gasteiger partial charge in [-0.2, -0.15) is 0 Å². The fraction of sp³-hybridized carbons (Fsp3) is 0.377. The van der Waals surface area contributed by atoms with Gasteiger partial charge < -0.3 is 69.7 Å². The molecule has 0 bridgehead atoms. The number of carboxylic acids is 1. The van der Waals surface area contributed by atoms with E-state index in [9.17, 15) is 53.7 Å². The molecule has 0 radical (unpaired) electrons. The smallest absolute Gasteiger partial charge is 0.326 e. The molecule has 0 spiro atoms. The van der Waals surface area contributed by atoms with Crippen LogP contribution in [0, 0.1) is 5.92 Å². The Hall–Kier alpha value is -8.37. The Morgan fingerprint density at radius 3 is 1.43 bits per heavy atom. The van der Waals surface area contributed by atoms with Crippen LogP contribution in [0.25, 0.3) is 0 Å². The second kappa shape index (κ2) is 30.6. The lowest BCUT2D eigenvalue weighted by molar-refractivity contribution is -0.142. The molecule has 0 fully saturated rings. The number of aliphatic carboxylic acids is 1. The average molecular weight is 1040 g/mol. The first-order chi connectivity index (χ1) is 35.9. The predicted molar refractivity (Wildman–Crippen MR) is 279 cm³/mol. The van der Waals surface area contributed by atoms with Crippen LogP contribution < -0.4 is 54.4 Å². The standard InChI is InChI=1S/C53H69N11O11/c1-3-32(2)45(51(73)58-30-44(67)59-43(31-65)50(72)60-39(52(74)75)20-13-25-57-53(55)56)64-49(71)42(29-36-21-23-37(66)24-22-36)63-48(70)41(28-35-18-11-6-12-19-35)62-47(69)40(27-34-16-9-5-10-17-34)61-46(68)38(54)26-33-14-7-4-8-15-33/h4-12,14-19,21-24,32,38-43,45,65-66H,3,13,20,25-31,54H2,1-2H3,(H,58,73)(H,59,67)(H,60,72)(H,61,68)(H,62,69)(H,63,70)(H,64,71)(H,74,75)(H4,55,56,57)/t32-,38-,39-,40-,41-,42-,43-,45-/m0/s1. The lowest BCUT2D eigenvalue weighted by Gasteiger charge is -2.28. The molecular weight excluding hydrogens is 967 g/mol. The number of phenols is 1. The fourth-order valence-electron chi connectivity index (χ4n) is 7.69. The molecule has 0 aliphatic carbocycles. The fourth-order valence-corrected chi connectivity index (χ4v) is 7.69. The number of aromatic hydroxyl groups is 1. The number of carboxylic acid groups (broad SMARTS) is 1. The van der Waals surface area contributed by atoms with Crippen LogP contribution >= 0.6 is 0 Å². The third-order valence-electron chi connectivity index (χ3n) is 12.1. The number of aliphatic imine (C=N–C) groups is 1. The lowest BCUT2D eigenvalue weighted by atomic mass is 9.96. The molecule has 16 N–H and O–H groups in total. The molecule has 0 aliphatic heterocycles. The number of hydrogen-bond acceptors (Lipinski definition) is 12. The van der Waals surface area contributed by atoms with Crippen LogP contribution in [0.4, 0.5) is 0 Å². The summed E-state index contributed by atoms with van der Waals surface area (Å²) in [6.07, 6.45) is 0.493. The van der Waals surface area contributed by atoms with Gasteiger partial charge in [0.1, 0.15) is 42.0 Å². The molecular formula is C53H69N11O11. The average Bonchev–Trinajstić information content (AvgIpc) is 3.39. The van der Waals surface area contributed by atoms with Crippen LogP contribution in [0.3, 0.4) is 0 Å². The van der Waals surface area contributed by atoms with Crippen molar-refractivity contribution in [1.82, 2.24) is 37.2 Å². The van der Waals surface area contributed by atoms with Crippen molar-refractivity contribution >= 4 is 53.3 Å². The minimum atomic E-state index is -1.60. The van der Waals surface area contributed by atoms with Crippen LogP contribution in [0.15, 0.2) is 120 Å². The molecule has 0 saturated heterocycles. The van der Waals surface area contributed by atoms with Gasteiger partial charge in [-0.1, -0.05) is 123 Å². The Bertz CT molecular complexity index is 2530. The maximum Gasteiger partial charge on any atom is 0.326 e. The molecule has 0 heterocycles. The largest absolute Gasteiger partial charge is 0.508 e. The number of aliphatic hydroxyl groups is 1. The van der Waals surface area contributed by atoms with E-state index in [1.807, 2.05) is 30.3 Å². The number of carbonyl (C=O) groups is 8. The lowest BCUT2D eigenvalue weighted by Crippen LogP contribution is -2.60. The Kier molecular flexibility index (Phi) is 24.2. The summed E-state index contributed by atoms with van der Waals surface area (Å²) < 4.78 is 0. The summed E-state index contributed by atoms with van der Waals surface area (Å²) in [5.74, 6) is -7.87. The number of carbonyl (C=O) groups excluding carboxylic acids is 7. The molecule has 22 nitrogen and oxygen atoms in total. The van der Waals surface area contributed by atoms with E-state index < -0.39 is 109 Å². The molecule has 7 amide bonds. The highest BCUT2D eigenvalue weighted by molar-refractivity contribution is 5.97. The molecule has 4 aromatic rings. The third-order valence-corrected chi connectivity index (χ3v) is 12.1. The van der Waals surface area contributed by atoms with E-state index in [0.717, 1.165) is 5.56 Å². The van der Waals surface area contributed by atoms with Crippen molar-refractivity contribution in [2.45, 2.75) is 101 Å². The molecule has 0 saturated carbocycles. The molecule has 75 heavy (non-hydrogen) atoms. The van der Waals surface area contributed by atoms with Crippen molar-refractivity contribution in [3.05, 3.63) is 138 Å². The Balaban J connectivity index is 1.54. The van der Waals surface area contributed by atoms with E-state index in [0.29, 0.717) is 23.1 Å². The minimum Gasteiger partial charge on any atom is -0.508 e. The summed E-state index contributed by atoms with van der Waals surface area (Å²) in [6, 6.07) is 23.5. The van der Waals surface area contributed by atoms with E-state index in [4.69, 9.17) is 17.2 Å². The molecule has 0 aliphatic rings. The zero-order valence-corrected chi connectivity index (χ0v) is 41.9. The topological polar surface area (TPSA) is 372 Å². The van der Waals surface area contributed by atoms with E-state index in [2.05, 4.69) is 42.2 Å². The SMILES string of the molecule is CC[C@H](C)[C@H](NC(=O)[C@H](Cc1ccc(O)cc1)NC(=O)[C@H](Cc1ccccc1)NC(=O)[C@H](Cc1ccccc1)NC(=O)[C@@H](N)Cc1ccccc1)C(=O)NCC(=O)N[C@@H](CO)C(=O)N[C@@H](CCCN=C(N)N)C(=O)O. The van der Waals surface area contributed by atoms with E-state index in [1.165, 1.54) is 12.1 Å². The number of nitrogens with one attached hydrogen (secondary N) is 7. The van der Waals surface area contributed by atoms with Gasteiger partial charge in [0, 0.05) is 25.8 Å². The van der Waals surface area contributed by atoms with Gasteiger partial charge in [-0.3, -0.25) is 38.6 Å². The molecule has 0 unspecified atom stereocenters. The summed E-state index contributed by atoms with van der Waals surface area (Å²) in [5, 5.41) is 47.5. The number of amides is 7. The van der Waals surface area contributed by atoms with Gasteiger partial charge >= 0.3 is 5.97 Å². The number of rotatable bonds is 30. The quantitative estimate of drug-likeness (QED) is 0.0173. The second-order valence-electron chi connectivity index (χ2n) is 18.0. The summed E-state index contributed by atoms with van der Waals surface area (Å²) in [6.45, 7) is 1.87. The summed E-state index contributed by atoms with van der Waals surface area (Å²) in [7, 11) is 0. The molecule has 8 atom stereocenters.